The minimum atomic E-state index is -0.539. The third kappa shape index (κ3) is 1.84. The molecule has 82 valence electrons. The van der Waals surface area contributed by atoms with Crippen LogP contribution in [0.15, 0.2) is 24.4 Å². The van der Waals surface area contributed by atoms with E-state index in [1.54, 1.807) is 6.92 Å². The fraction of sp³-hybridized carbons (Fsp3) is 0.0909. The van der Waals surface area contributed by atoms with Crippen LogP contribution in [0.2, 0.25) is 0 Å². The quantitative estimate of drug-likeness (QED) is 0.803. The van der Waals surface area contributed by atoms with Crippen LogP contribution >= 0.6 is 0 Å². The number of hydrogen-bond acceptors (Lipinski definition) is 3. The zero-order chi connectivity index (χ0) is 11.7. The molecular formula is C11H9F2N3. The Balaban J connectivity index is 2.66. The SMILES string of the molecule is Cc1cnc(N)nc1-c1cc(F)ccc1F. The van der Waals surface area contributed by atoms with Gasteiger partial charge < -0.3 is 5.73 Å². The molecule has 1 aromatic carbocycles. The first kappa shape index (κ1) is 10.5. The molecule has 3 nitrogen and oxygen atoms in total. The number of benzene rings is 1. The highest BCUT2D eigenvalue weighted by Crippen LogP contribution is 2.24. The van der Waals surface area contributed by atoms with Crippen LogP contribution < -0.4 is 5.73 Å². The summed E-state index contributed by atoms with van der Waals surface area (Å²) in [5.41, 5.74) is 6.45. The largest absolute Gasteiger partial charge is 0.368 e. The Hall–Kier alpha value is -2.04. The number of rotatable bonds is 1. The van der Waals surface area contributed by atoms with E-state index < -0.39 is 11.6 Å². The van der Waals surface area contributed by atoms with Gasteiger partial charge >= 0.3 is 0 Å². The molecule has 1 aromatic heterocycles. The number of anilines is 1. The van der Waals surface area contributed by atoms with E-state index in [-0.39, 0.29) is 11.5 Å². The minimum Gasteiger partial charge on any atom is -0.368 e. The van der Waals surface area contributed by atoms with Gasteiger partial charge in [0.05, 0.1) is 5.69 Å². The first-order chi connectivity index (χ1) is 7.58. The van der Waals surface area contributed by atoms with Gasteiger partial charge in [-0.2, -0.15) is 0 Å². The molecule has 0 aliphatic heterocycles. The number of aryl methyl sites for hydroxylation is 1. The van der Waals surface area contributed by atoms with Crippen molar-refractivity contribution in [1.29, 1.82) is 0 Å². The van der Waals surface area contributed by atoms with Crippen LogP contribution in [-0.2, 0) is 0 Å². The summed E-state index contributed by atoms with van der Waals surface area (Å²) in [5.74, 6) is -1.03. The Morgan fingerprint density at radius 1 is 1.25 bits per heavy atom. The van der Waals surface area contributed by atoms with Crippen molar-refractivity contribution in [1.82, 2.24) is 9.97 Å². The van der Waals surface area contributed by atoms with Crippen LogP contribution in [0.1, 0.15) is 5.56 Å². The van der Waals surface area contributed by atoms with Gasteiger partial charge in [-0.05, 0) is 30.7 Å². The third-order valence-electron chi connectivity index (χ3n) is 2.17. The number of halogens is 2. The van der Waals surface area contributed by atoms with Gasteiger partial charge in [-0.3, -0.25) is 0 Å². The molecule has 0 spiro atoms. The minimum absolute atomic E-state index is 0.0317. The van der Waals surface area contributed by atoms with E-state index in [2.05, 4.69) is 9.97 Å². The second-order valence-electron chi connectivity index (χ2n) is 3.38. The van der Waals surface area contributed by atoms with Crippen LogP contribution in [0.4, 0.5) is 14.7 Å². The number of nitrogen functional groups attached to an aromatic ring is 1. The Kier molecular flexibility index (Phi) is 2.52. The molecule has 0 saturated heterocycles. The maximum atomic E-state index is 13.5. The predicted octanol–water partition coefficient (Wildman–Crippen LogP) is 2.31. The van der Waals surface area contributed by atoms with Crippen molar-refractivity contribution in [2.45, 2.75) is 6.92 Å². The maximum absolute atomic E-state index is 13.5. The van der Waals surface area contributed by atoms with Gasteiger partial charge in [0, 0.05) is 11.8 Å². The van der Waals surface area contributed by atoms with Crippen molar-refractivity contribution in [2.24, 2.45) is 0 Å². The van der Waals surface area contributed by atoms with Crippen LogP contribution in [0.5, 0.6) is 0 Å². The Bertz CT molecular complexity index is 491. The van der Waals surface area contributed by atoms with Crippen LogP contribution in [-0.4, -0.2) is 9.97 Å². The maximum Gasteiger partial charge on any atom is 0.220 e. The molecule has 0 saturated carbocycles. The molecular weight excluding hydrogens is 212 g/mol. The molecule has 0 fully saturated rings. The highest BCUT2D eigenvalue weighted by molar-refractivity contribution is 5.64. The molecule has 2 rings (SSSR count). The highest BCUT2D eigenvalue weighted by atomic mass is 19.1. The van der Waals surface area contributed by atoms with Crippen molar-refractivity contribution < 1.29 is 8.78 Å². The van der Waals surface area contributed by atoms with E-state index in [9.17, 15) is 8.78 Å². The Morgan fingerprint density at radius 3 is 2.75 bits per heavy atom. The first-order valence-electron chi connectivity index (χ1n) is 4.62. The number of hydrogen-bond donors (Lipinski definition) is 1. The summed E-state index contributed by atoms with van der Waals surface area (Å²) < 4.78 is 26.5. The van der Waals surface area contributed by atoms with E-state index in [0.717, 1.165) is 18.2 Å². The molecule has 0 aliphatic rings. The second-order valence-corrected chi connectivity index (χ2v) is 3.38. The standard InChI is InChI=1S/C11H9F2N3/c1-6-5-15-11(14)16-10(6)8-4-7(12)2-3-9(8)13/h2-5H,1H3,(H2,14,15,16). The van der Waals surface area contributed by atoms with Crippen LogP contribution in [0.25, 0.3) is 11.3 Å². The highest BCUT2D eigenvalue weighted by Gasteiger charge is 2.11. The Morgan fingerprint density at radius 2 is 2.00 bits per heavy atom. The van der Waals surface area contributed by atoms with E-state index in [1.807, 2.05) is 0 Å². The molecule has 0 unspecified atom stereocenters. The molecule has 1 heterocycles. The lowest BCUT2D eigenvalue weighted by atomic mass is 10.1. The Labute approximate surface area is 91.0 Å². The molecule has 2 aromatic rings. The van der Waals surface area contributed by atoms with Gasteiger partial charge in [0.15, 0.2) is 0 Å². The average molecular weight is 221 g/mol. The molecule has 5 heteroatoms. The van der Waals surface area contributed by atoms with Gasteiger partial charge in [0.2, 0.25) is 5.95 Å². The van der Waals surface area contributed by atoms with Crippen molar-refractivity contribution in [3.05, 3.63) is 41.6 Å². The first-order valence-corrected chi connectivity index (χ1v) is 4.62. The number of nitrogens with zero attached hydrogens (tertiary/aromatic N) is 2. The van der Waals surface area contributed by atoms with E-state index in [1.165, 1.54) is 6.20 Å². The lowest BCUT2D eigenvalue weighted by Crippen LogP contribution is -1.99. The van der Waals surface area contributed by atoms with E-state index in [0.29, 0.717) is 11.3 Å². The molecule has 0 radical (unpaired) electrons. The summed E-state index contributed by atoms with van der Waals surface area (Å²) in [4.78, 5) is 7.67. The fourth-order valence-electron chi connectivity index (χ4n) is 1.41. The molecule has 0 aliphatic carbocycles. The van der Waals surface area contributed by atoms with Gasteiger partial charge in [-0.25, -0.2) is 18.7 Å². The number of aromatic nitrogens is 2. The smallest absolute Gasteiger partial charge is 0.220 e. The van der Waals surface area contributed by atoms with Gasteiger partial charge in [-0.1, -0.05) is 0 Å². The van der Waals surface area contributed by atoms with E-state index >= 15 is 0 Å². The molecule has 0 bridgehead atoms. The zero-order valence-corrected chi connectivity index (χ0v) is 8.54. The summed E-state index contributed by atoms with van der Waals surface area (Å²) in [6.45, 7) is 1.71. The normalized spacial score (nSPS) is 10.4. The van der Waals surface area contributed by atoms with Crippen molar-refractivity contribution in [3.63, 3.8) is 0 Å². The van der Waals surface area contributed by atoms with Crippen molar-refractivity contribution in [2.75, 3.05) is 5.73 Å². The van der Waals surface area contributed by atoms with Crippen LogP contribution in [0.3, 0.4) is 0 Å². The summed E-state index contributed by atoms with van der Waals surface area (Å²) in [6, 6.07) is 3.20. The van der Waals surface area contributed by atoms with Crippen molar-refractivity contribution in [3.8, 4) is 11.3 Å². The summed E-state index contributed by atoms with van der Waals surface area (Å²) >= 11 is 0. The fourth-order valence-corrected chi connectivity index (χ4v) is 1.41. The average Bonchev–Trinajstić information content (AvgIpc) is 2.25. The summed E-state index contributed by atoms with van der Waals surface area (Å²) in [5, 5.41) is 0. The lowest BCUT2D eigenvalue weighted by Gasteiger charge is -2.06. The van der Waals surface area contributed by atoms with E-state index in [4.69, 9.17) is 5.73 Å². The van der Waals surface area contributed by atoms with Gasteiger partial charge in [-0.15, -0.1) is 0 Å². The predicted molar refractivity (Wildman–Crippen MR) is 56.5 cm³/mol. The van der Waals surface area contributed by atoms with Gasteiger partial charge in [0.1, 0.15) is 11.6 Å². The topological polar surface area (TPSA) is 51.8 Å². The zero-order valence-electron chi connectivity index (χ0n) is 8.54. The molecule has 0 atom stereocenters. The lowest BCUT2D eigenvalue weighted by molar-refractivity contribution is 0.602. The van der Waals surface area contributed by atoms with Crippen LogP contribution in [0, 0.1) is 18.6 Å². The van der Waals surface area contributed by atoms with Crippen molar-refractivity contribution >= 4 is 5.95 Å². The molecule has 2 N–H and O–H groups in total. The monoisotopic (exact) mass is 221 g/mol. The number of nitrogens with two attached hydrogens (primary N) is 1. The second kappa shape index (κ2) is 3.84. The summed E-state index contributed by atoms with van der Waals surface area (Å²) in [6.07, 6.45) is 1.47. The third-order valence-corrected chi connectivity index (χ3v) is 2.17. The van der Waals surface area contributed by atoms with Gasteiger partial charge in [0.25, 0.3) is 0 Å². The molecule has 0 amide bonds. The summed E-state index contributed by atoms with van der Waals surface area (Å²) in [7, 11) is 0. The molecule has 16 heavy (non-hydrogen) atoms.